The van der Waals surface area contributed by atoms with E-state index >= 15 is 0 Å². The largest absolute Gasteiger partial charge is 0.492 e. The maximum absolute atomic E-state index is 13.1. The minimum Gasteiger partial charge on any atom is -0.492 e. The Labute approximate surface area is 132 Å². The summed E-state index contributed by atoms with van der Waals surface area (Å²) in [7, 11) is 0. The van der Waals surface area contributed by atoms with E-state index < -0.39 is 0 Å². The summed E-state index contributed by atoms with van der Waals surface area (Å²) in [6.45, 7) is 0.547. The minimum atomic E-state index is 0.0115. The third-order valence-corrected chi connectivity index (χ3v) is 5.39. The van der Waals surface area contributed by atoms with Crippen LogP contribution >= 0.6 is 0 Å². The number of hydrogen-bond acceptors (Lipinski definition) is 2. The van der Waals surface area contributed by atoms with Crippen molar-refractivity contribution in [2.24, 2.45) is 5.92 Å². The average Bonchev–Trinajstić information content (AvgIpc) is 3.40. The number of para-hydroxylation sites is 1. The summed E-state index contributed by atoms with van der Waals surface area (Å²) in [6, 6.07) is 9.15. The average molecular weight is 299 g/mol. The van der Waals surface area contributed by atoms with Crippen LogP contribution in [0.4, 0.5) is 0 Å². The molecule has 0 N–H and O–H groups in total. The van der Waals surface area contributed by atoms with Crippen molar-refractivity contribution in [2.45, 2.75) is 63.5 Å². The molecule has 1 aromatic rings. The van der Waals surface area contributed by atoms with E-state index in [1.54, 1.807) is 0 Å². The van der Waals surface area contributed by atoms with Gasteiger partial charge in [0.15, 0.2) is 0 Å². The molecule has 1 atom stereocenters. The van der Waals surface area contributed by atoms with Crippen molar-refractivity contribution in [2.75, 3.05) is 6.61 Å². The molecule has 0 saturated heterocycles. The van der Waals surface area contributed by atoms with Crippen LogP contribution in [0.15, 0.2) is 24.3 Å². The third-order valence-electron chi connectivity index (χ3n) is 5.39. The fourth-order valence-corrected chi connectivity index (χ4v) is 4.07. The SMILES string of the molecule is O=C(C1COc2ccccc2C1)N(C1CCCCC1)C1CC1. The third kappa shape index (κ3) is 2.73. The van der Waals surface area contributed by atoms with Crippen molar-refractivity contribution < 1.29 is 9.53 Å². The van der Waals surface area contributed by atoms with E-state index in [1.165, 1.54) is 50.5 Å². The highest BCUT2D eigenvalue weighted by molar-refractivity contribution is 5.80. The van der Waals surface area contributed by atoms with Crippen molar-refractivity contribution in [1.82, 2.24) is 4.90 Å². The number of amides is 1. The minimum absolute atomic E-state index is 0.0115. The molecule has 2 aliphatic carbocycles. The Hall–Kier alpha value is -1.51. The van der Waals surface area contributed by atoms with Crippen LogP contribution in [0.25, 0.3) is 0 Å². The van der Waals surface area contributed by atoms with Crippen molar-refractivity contribution in [3.05, 3.63) is 29.8 Å². The number of carbonyl (C=O) groups excluding carboxylic acids is 1. The van der Waals surface area contributed by atoms with Crippen LogP contribution in [-0.4, -0.2) is 29.5 Å². The summed E-state index contributed by atoms with van der Waals surface area (Å²) in [5, 5.41) is 0. The van der Waals surface area contributed by atoms with Gasteiger partial charge < -0.3 is 9.64 Å². The number of carbonyl (C=O) groups is 1. The van der Waals surface area contributed by atoms with Gasteiger partial charge in [-0.1, -0.05) is 37.5 Å². The van der Waals surface area contributed by atoms with E-state index in [-0.39, 0.29) is 5.92 Å². The second-order valence-corrected chi connectivity index (χ2v) is 7.09. The Balaban J connectivity index is 1.50. The van der Waals surface area contributed by atoms with Crippen LogP contribution in [0.1, 0.15) is 50.5 Å². The van der Waals surface area contributed by atoms with Crippen LogP contribution < -0.4 is 4.74 Å². The molecule has 3 heteroatoms. The highest BCUT2D eigenvalue weighted by atomic mass is 16.5. The van der Waals surface area contributed by atoms with Gasteiger partial charge in [0.25, 0.3) is 0 Å². The fraction of sp³-hybridized carbons (Fsp3) is 0.632. The van der Waals surface area contributed by atoms with Gasteiger partial charge in [-0.25, -0.2) is 0 Å². The molecule has 4 rings (SSSR count). The lowest BCUT2D eigenvalue weighted by Gasteiger charge is -2.38. The van der Waals surface area contributed by atoms with Gasteiger partial charge in [0.1, 0.15) is 12.4 Å². The van der Waals surface area contributed by atoms with Gasteiger partial charge in [-0.2, -0.15) is 0 Å². The number of fused-ring (bicyclic) bond motifs is 1. The molecular weight excluding hydrogens is 274 g/mol. The first-order chi connectivity index (χ1) is 10.8. The second-order valence-electron chi connectivity index (χ2n) is 7.09. The van der Waals surface area contributed by atoms with Crippen LogP contribution in [-0.2, 0) is 11.2 Å². The second kappa shape index (κ2) is 5.94. The first-order valence-electron chi connectivity index (χ1n) is 8.86. The lowest BCUT2D eigenvalue weighted by atomic mass is 9.91. The normalized spacial score (nSPS) is 25.2. The lowest BCUT2D eigenvalue weighted by molar-refractivity contribution is -0.140. The first-order valence-corrected chi connectivity index (χ1v) is 8.86. The molecule has 0 radical (unpaired) electrons. The van der Waals surface area contributed by atoms with Crippen LogP contribution in [0.3, 0.4) is 0 Å². The van der Waals surface area contributed by atoms with Gasteiger partial charge >= 0.3 is 0 Å². The Morgan fingerprint density at radius 1 is 1.00 bits per heavy atom. The summed E-state index contributed by atoms with van der Waals surface area (Å²) in [4.78, 5) is 15.4. The Kier molecular flexibility index (Phi) is 3.81. The quantitative estimate of drug-likeness (QED) is 0.854. The zero-order valence-corrected chi connectivity index (χ0v) is 13.2. The Morgan fingerprint density at radius 3 is 2.50 bits per heavy atom. The van der Waals surface area contributed by atoms with Gasteiger partial charge in [0, 0.05) is 12.1 Å². The summed E-state index contributed by atoms with van der Waals surface area (Å²) in [6.07, 6.45) is 9.54. The number of rotatable bonds is 3. The molecule has 1 aliphatic heterocycles. The molecule has 0 spiro atoms. The van der Waals surface area contributed by atoms with Crippen molar-refractivity contribution in [1.29, 1.82) is 0 Å². The van der Waals surface area contributed by atoms with Gasteiger partial charge in [-0.3, -0.25) is 4.79 Å². The molecule has 3 aliphatic rings. The zero-order chi connectivity index (χ0) is 14.9. The lowest BCUT2D eigenvalue weighted by Crippen LogP contribution is -2.48. The molecule has 2 fully saturated rings. The molecule has 22 heavy (non-hydrogen) atoms. The molecule has 1 aromatic carbocycles. The van der Waals surface area contributed by atoms with E-state index in [1.807, 2.05) is 18.2 Å². The predicted molar refractivity (Wildman–Crippen MR) is 85.9 cm³/mol. The van der Waals surface area contributed by atoms with Crippen molar-refractivity contribution in [3.63, 3.8) is 0 Å². The molecule has 1 heterocycles. The summed E-state index contributed by atoms with van der Waals surface area (Å²) < 4.78 is 5.85. The molecular formula is C19H25NO2. The number of benzene rings is 1. The van der Waals surface area contributed by atoms with E-state index in [9.17, 15) is 4.79 Å². The molecule has 0 bridgehead atoms. The predicted octanol–water partition coefficient (Wildman–Crippen LogP) is 3.56. The number of nitrogens with zero attached hydrogens (tertiary/aromatic N) is 1. The summed E-state index contributed by atoms with van der Waals surface area (Å²) in [5.74, 6) is 1.32. The number of ether oxygens (including phenoxy) is 1. The summed E-state index contributed by atoms with van der Waals surface area (Å²) >= 11 is 0. The monoisotopic (exact) mass is 299 g/mol. The Bertz CT molecular complexity index is 546. The van der Waals surface area contributed by atoms with E-state index in [0.29, 0.717) is 24.6 Å². The smallest absolute Gasteiger partial charge is 0.229 e. The molecule has 3 nitrogen and oxygen atoms in total. The fourth-order valence-electron chi connectivity index (χ4n) is 4.07. The first kappa shape index (κ1) is 14.1. The van der Waals surface area contributed by atoms with Crippen LogP contribution in [0.2, 0.25) is 0 Å². The van der Waals surface area contributed by atoms with Gasteiger partial charge in [-0.15, -0.1) is 0 Å². The molecule has 1 unspecified atom stereocenters. The molecule has 0 aromatic heterocycles. The van der Waals surface area contributed by atoms with E-state index in [0.717, 1.165) is 12.2 Å². The highest BCUT2D eigenvalue weighted by Crippen LogP contribution is 2.36. The summed E-state index contributed by atoms with van der Waals surface area (Å²) in [5.41, 5.74) is 1.19. The standard InChI is InChI=1S/C19H25NO2/c21-19(15-12-14-6-4-5-9-18(14)22-13-15)20(17-10-11-17)16-7-2-1-3-8-16/h4-6,9,15-17H,1-3,7-8,10-13H2. The maximum atomic E-state index is 13.1. The molecule has 1 amide bonds. The molecule has 118 valence electrons. The zero-order valence-electron chi connectivity index (χ0n) is 13.2. The van der Waals surface area contributed by atoms with Gasteiger partial charge in [0.05, 0.1) is 5.92 Å². The Morgan fingerprint density at radius 2 is 1.73 bits per heavy atom. The maximum Gasteiger partial charge on any atom is 0.229 e. The van der Waals surface area contributed by atoms with Crippen molar-refractivity contribution in [3.8, 4) is 5.75 Å². The molecule has 2 saturated carbocycles. The van der Waals surface area contributed by atoms with Crippen molar-refractivity contribution >= 4 is 5.91 Å². The topological polar surface area (TPSA) is 29.5 Å². The van der Waals surface area contributed by atoms with Gasteiger partial charge in [-0.05, 0) is 43.7 Å². The van der Waals surface area contributed by atoms with Crippen LogP contribution in [0.5, 0.6) is 5.75 Å². The van der Waals surface area contributed by atoms with E-state index in [4.69, 9.17) is 4.74 Å². The highest BCUT2D eigenvalue weighted by Gasteiger charge is 2.41. The van der Waals surface area contributed by atoms with Crippen LogP contribution in [0, 0.1) is 5.92 Å². The van der Waals surface area contributed by atoms with Gasteiger partial charge in [0.2, 0.25) is 5.91 Å². The van der Waals surface area contributed by atoms with E-state index in [2.05, 4.69) is 11.0 Å². The number of hydrogen-bond donors (Lipinski definition) is 0.